The van der Waals surface area contributed by atoms with E-state index in [0.29, 0.717) is 5.52 Å². The number of H-pyrrole nitrogens is 2. The summed E-state index contributed by atoms with van der Waals surface area (Å²) in [5.74, 6) is 0. The van der Waals surface area contributed by atoms with Crippen LogP contribution in [0.2, 0.25) is 0 Å². The van der Waals surface area contributed by atoms with Crippen molar-refractivity contribution < 1.29 is 9.47 Å². The number of fused-ring (bicyclic) bond motifs is 3. The molecule has 27 heavy (non-hydrogen) atoms. The summed E-state index contributed by atoms with van der Waals surface area (Å²) in [6.45, 7) is 1.85. The van der Waals surface area contributed by atoms with Crippen LogP contribution < -0.4 is 5.56 Å². The van der Waals surface area contributed by atoms with Gasteiger partial charge in [-0.2, -0.15) is 0 Å². The molecule has 1 saturated heterocycles. The van der Waals surface area contributed by atoms with Gasteiger partial charge in [0.2, 0.25) is 0 Å². The van der Waals surface area contributed by atoms with Crippen molar-refractivity contribution in [1.82, 2.24) is 9.97 Å². The highest BCUT2D eigenvalue weighted by Crippen LogP contribution is 2.37. The van der Waals surface area contributed by atoms with Crippen molar-refractivity contribution in [3.63, 3.8) is 0 Å². The Balaban J connectivity index is 1.65. The van der Waals surface area contributed by atoms with Gasteiger partial charge in [0.25, 0.3) is 5.56 Å². The quantitative estimate of drug-likeness (QED) is 0.527. The molecule has 0 radical (unpaired) electrons. The molecule has 0 aliphatic carbocycles. The average molecular weight is 358 g/mol. The normalized spacial score (nSPS) is 19.7. The lowest BCUT2D eigenvalue weighted by Gasteiger charge is -2.33. The van der Waals surface area contributed by atoms with Crippen molar-refractivity contribution in [1.29, 1.82) is 0 Å². The van der Waals surface area contributed by atoms with Gasteiger partial charge in [-0.1, -0.05) is 48.6 Å². The van der Waals surface area contributed by atoms with E-state index < -0.39 is 6.29 Å². The molecule has 5 nitrogen and oxygen atoms in total. The molecule has 134 valence electrons. The van der Waals surface area contributed by atoms with E-state index in [4.69, 9.17) is 9.47 Å². The van der Waals surface area contributed by atoms with Gasteiger partial charge in [0, 0.05) is 28.0 Å². The average Bonchev–Trinajstić information content (AvgIpc) is 3.10. The number of aromatic nitrogens is 2. The van der Waals surface area contributed by atoms with Gasteiger partial charge in [0.15, 0.2) is 12.6 Å². The number of aromatic amines is 2. The Hall–Kier alpha value is -3.15. The number of hydrogen-bond donors (Lipinski definition) is 2. The SMILES string of the molecule is CC1OC(c2c[nH]c3c(=O)[nH]c4ccc(/C=C/c5ccccc5)cc4c23)O1. The molecular formula is C22H18N2O3. The minimum atomic E-state index is -0.442. The van der Waals surface area contributed by atoms with Gasteiger partial charge >= 0.3 is 0 Å². The lowest BCUT2D eigenvalue weighted by Crippen LogP contribution is -2.31. The van der Waals surface area contributed by atoms with Crippen LogP contribution >= 0.6 is 0 Å². The van der Waals surface area contributed by atoms with Crippen LogP contribution in [0.25, 0.3) is 34.0 Å². The number of rotatable bonds is 3. The van der Waals surface area contributed by atoms with Gasteiger partial charge in [-0.05, 0) is 30.2 Å². The van der Waals surface area contributed by atoms with Crippen LogP contribution in [0.4, 0.5) is 0 Å². The van der Waals surface area contributed by atoms with Crippen LogP contribution in [-0.4, -0.2) is 16.3 Å². The van der Waals surface area contributed by atoms with Crippen molar-refractivity contribution in [3.8, 4) is 0 Å². The number of pyridine rings is 1. The monoisotopic (exact) mass is 358 g/mol. The zero-order valence-corrected chi connectivity index (χ0v) is 14.7. The summed E-state index contributed by atoms with van der Waals surface area (Å²) in [7, 11) is 0. The van der Waals surface area contributed by atoms with E-state index in [9.17, 15) is 4.79 Å². The maximum Gasteiger partial charge on any atom is 0.272 e. The van der Waals surface area contributed by atoms with E-state index in [2.05, 4.69) is 40.3 Å². The highest BCUT2D eigenvalue weighted by molar-refractivity contribution is 6.07. The number of benzene rings is 2. The molecule has 2 aromatic carbocycles. The van der Waals surface area contributed by atoms with Gasteiger partial charge < -0.3 is 19.4 Å². The van der Waals surface area contributed by atoms with Gasteiger partial charge in [-0.15, -0.1) is 0 Å². The smallest absolute Gasteiger partial charge is 0.272 e. The number of hydrogen-bond acceptors (Lipinski definition) is 3. The summed E-state index contributed by atoms with van der Waals surface area (Å²) < 4.78 is 11.3. The zero-order valence-electron chi connectivity index (χ0n) is 14.7. The summed E-state index contributed by atoms with van der Waals surface area (Å²) in [4.78, 5) is 18.4. The topological polar surface area (TPSA) is 67.1 Å². The van der Waals surface area contributed by atoms with E-state index in [-0.39, 0.29) is 11.8 Å². The zero-order chi connectivity index (χ0) is 18.4. The summed E-state index contributed by atoms with van der Waals surface area (Å²) in [6.07, 6.45) is 5.26. The van der Waals surface area contributed by atoms with Crippen molar-refractivity contribution in [2.75, 3.05) is 0 Å². The fraction of sp³-hybridized carbons (Fsp3) is 0.136. The molecule has 1 fully saturated rings. The first-order chi connectivity index (χ1) is 13.2. The van der Waals surface area contributed by atoms with E-state index in [1.165, 1.54) is 0 Å². The summed E-state index contributed by atoms with van der Waals surface area (Å²) >= 11 is 0. The largest absolute Gasteiger partial charge is 0.356 e. The molecule has 0 saturated carbocycles. The molecule has 5 heteroatoms. The van der Waals surface area contributed by atoms with E-state index in [1.54, 1.807) is 6.20 Å². The van der Waals surface area contributed by atoms with Crippen LogP contribution in [-0.2, 0) is 9.47 Å². The molecule has 2 N–H and O–H groups in total. The molecule has 4 aromatic rings. The molecule has 1 aliphatic heterocycles. The predicted molar refractivity (Wildman–Crippen MR) is 106 cm³/mol. The van der Waals surface area contributed by atoms with Crippen LogP contribution in [0.15, 0.2) is 59.5 Å². The van der Waals surface area contributed by atoms with Gasteiger partial charge in [0.1, 0.15) is 5.52 Å². The van der Waals surface area contributed by atoms with E-state index >= 15 is 0 Å². The molecule has 0 unspecified atom stereocenters. The second kappa shape index (κ2) is 6.23. The number of ether oxygens (including phenoxy) is 2. The van der Waals surface area contributed by atoms with Crippen molar-refractivity contribution >= 4 is 34.0 Å². The maximum absolute atomic E-state index is 12.4. The summed E-state index contributed by atoms with van der Waals surface area (Å²) in [5.41, 5.74) is 4.21. The molecule has 0 atom stereocenters. The van der Waals surface area contributed by atoms with Crippen molar-refractivity contribution in [2.45, 2.75) is 19.5 Å². The maximum atomic E-state index is 12.4. The number of nitrogens with one attached hydrogen (secondary N) is 2. The molecule has 0 amide bonds. The van der Waals surface area contributed by atoms with Crippen LogP contribution in [0, 0.1) is 0 Å². The Bertz CT molecular complexity index is 1220. The van der Waals surface area contributed by atoms with Crippen molar-refractivity contribution in [2.24, 2.45) is 0 Å². The lowest BCUT2D eigenvalue weighted by atomic mass is 10.0. The van der Waals surface area contributed by atoms with Crippen molar-refractivity contribution in [3.05, 3.63) is 81.8 Å². The van der Waals surface area contributed by atoms with Crippen LogP contribution in [0.5, 0.6) is 0 Å². The van der Waals surface area contributed by atoms with Gasteiger partial charge in [-0.25, -0.2) is 0 Å². The molecule has 0 spiro atoms. The minimum absolute atomic E-state index is 0.149. The molecule has 2 aromatic heterocycles. The molecular weight excluding hydrogens is 340 g/mol. The van der Waals surface area contributed by atoms with E-state index in [0.717, 1.165) is 33.0 Å². The van der Waals surface area contributed by atoms with Crippen LogP contribution in [0.1, 0.15) is 29.9 Å². The Morgan fingerprint density at radius 3 is 2.56 bits per heavy atom. The van der Waals surface area contributed by atoms with Crippen LogP contribution in [0.3, 0.4) is 0 Å². The first-order valence-electron chi connectivity index (χ1n) is 8.90. The Labute approximate surface area is 155 Å². The van der Waals surface area contributed by atoms with Gasteiger partial charge in [-0.3, -0.25) is 4.79 Å². The molecule has 5 rings (SSSR count). The third kappa shape index (κ3) is 2.77. The first-order valence-corrected chi connectivity index (χ1v) is 8.90. The summed E-state index contributed by atoms with van der Waals surface area (Å²) in [6, 6.07) is 16.1. The second-order valence-corrected chi connectivity index (χ2v) is 6.67. The van der Waals surface area contributed by atoms with Gasteiger partial charge in [0.05, 0.1) is 0 Å². The molecule has 3 heterocycles. The Morgan fingerprint density at radius 1 is 1.00 bits per heavy atom. The minimum Gasteiger partial charge on any atom is -0.356 e. The van der Waals surface area contributed by atoms with E-state index in [1.807, 2.05) is 37.3 Å². The standard InChI is InChI=1S/C22H18N2O3/c1-13-26-22(27-13)17-12-23-20-19(17)16-11-15(9-10-18(16)24-21(20)25)8-7-14-5-3-2-4-6-14/h2-13,22-23H,1H3,(H,24,25)/b8-7+. The molecule has 0 bridgehead atoms. The lowest BCUT2D eigenvalue weighted by molar-refractivity contribution is -0.382. The fourth-order valence-corrected chi connectivity index (χ4v) is 3.52. The third-order valence-electron chi connectivity index (χ3n) is 4.85. The Morgan fingerprint density at radius 2 is 1.78 bits per heavy atom. The highest BCUT2D eigenvalue weighted by Gasteiger charge is 2.31. The predicted octanol–water partition coefficient (Wildman–Crippen LogP) is 4.57. The summed E-state index contributed by atoms with van der Waals surface area (Å²) in [5, 5.41) is 1.81. The Kier molecular flexibility index (Phi) is 3.70. The first kappa shape index (κ1) is 16.1. The third-order valence-corrected chi connectivity index (χ3v) is 4.85. The highest BCUT2D eigenvalue weighted by atomic mass is 16.9. The fourth-order valence-electron chi connectivity index (χ4n) is 3.52. The molecule has 1 aliphatic rings. The second-order valence-electron chi connectivity index (χ2n) is 6.67.